The Hall–Kier alpha value is -2.67. The summed E-state index contributed by atoms with van der Waals surface area (Å²) >= 11 is 6.12. The number of halogens is 1. The maximum absolute atomic E-state index is 12.5. The third-order valence-electron chi connectivity index (χ3n) is 4.30. The monoisotopic (exact) mass is 373 g/mol. The van der Waals surface area contributed by atoms with Gasteiger partial charge in [0.25, 0.3) is 5.91 Å². The van der Waals surface area contributed by atoms with Crippen molar-refractivity contribution in [1.29, 1.82) is 0 Å². The molecule has 1 saturated heterocycles. The molecule has 3 rings (SSSR count). The summed E-state index contributed by atoms with van der Waals surface area (Å²) in [7, 11) is 0. The quantitative estimate of drug-likeness (QED) is 0.887. The Kier molecular flexibility index (Phi) is 5.68. The van der Waals surface area contributed by atoms with E-state index < -0.39 is 0 Å². The van der Waals surface area contributed by atoms with Crippen molar-refractivity contribution < 1.29 is 9.59 Å². The molecule has 2 amide bonds. The van der Waals surface area contributed by atoms with Gasteiger partial charge < -0.3 is 15.1 Å². The zero-order valence-corrected chi connectivity index (χ0v) is 15.2. The molecule has 0 atom stereocenters. The number of piperazine rings is 1. The van der Waals surface area contributed by atoms with Crippen LogP contribution in [0.3, 0.4) is 0 Å². The average Bonchev–Trinajstić information content (AvgIpc) is 2.67. The summed E-state index contributed by atoms with van der Waals surface area (Å²) in [6.07, 6.45) is 3.00. The van der Waals surface area contributed by atoms with Gasteiger partial charge in [0.1, 0.15) is 11.5 Å². The predicted octanol–water partition coefficient (Wildman–Crippen LogP) is 2.05. The Morgan fingerprint density at radius 2 is 1.77 bits per heavy atom. The fraction of sp³-hybridized carbons (Fsp3) is 0.333. The lowest BCUT2D eigenvalue weighted by Gasteiger charge is -2.33. The number of rotatable bonds is 4. The second-order valence-corrected chi connectivity index (χ2v) is 6.44. The van der Waals surface area contributed by atoms with Gasteiger partial charge in [-0.15, -0.1) is 0 Å². The molecule has 1 aromatic heterocycles. The van der Waals surface area contributed by atoms with Gasteiger partial charge in [0.15, 0.2) is 0 Å². The van der Waals surface area contributed by atoms with E-state index in [0.717, 1.165) is 5.56 Å². The third kappa shape index (κ3) is 4.29. The van der Waals surface area contributed by atoms with E-state index >= 15 is 0 Å². The van der Waals surface area contributed by atoms with E-state index in [1.807, 2.05) is 24.3 Å². The molecule has 0 radical (unpaired) electrons. The molecule has 1 aromatic carbocycles. The van der Waals surface area contributed by atoms with Crippen molar-refractivity contribution in [3.63, 3.8) is 0 Å². The smallest absolute Gasteiger partial charge is 0.274 e. The van der Waals surface area contributed by atoms with Gasteiger partial charge in [-0.25, -0.2) is 9.97 Å². The summed E-state index contributed by atoms with van der Waals surface area (Å²) in [4.78, 5) is 35.7. The van der Waals surface area contributed by atoms with Gasteiger partial charge >= 0.3 is 0 Å². The predicted molar refractivity (Wildman–Crippen MR) is 99.0 cm³/mol. The molecular weight excluding hydrogens is 354 g/mol. The van der Waals surface area contributed by atoms with Gasteiger partial charge in [-0.2, -0.15) is 0 Å². The Labute approximate surface area is 157 Å². The molecule has 136 valence electrons. The number of nitrogens with one attached hydrogen (secondary N) is 1. The number of hydrogen-bond acceptors (Lipinski definition) is 5. The third-order valence-corrected chi connectivity index (χ3v) is 4.67. The second-order valence-electron chi connectivity index (χ2n) is 6.03. The first-order valence-corrected chi connectivity index (χ1v) is 8.76. The van der Waals surface area contributed by atoms with Crippen LogP contribution in [0.2, 0.25) is 5.02 Å². The van der Waals surface area contributed by atoms with Crippen molar-refractivity contribution in [3.8, 4) is 0 Å². The van der Waals surface area contributed by atoms with Crippen molar-refractivity contribution >= 4 is 29.2 Å². The molecule has 0 saturated carbocycles. The number of carbonyl (C=O) groups is 2. The highest BCUT2D eigenvalue weighted by Gasteiger charge is 2.24. The lowest BCUT2D eigenvalue weighted by molar-refractivity contribution is -0.130. The molecule has 7 nitrogen and oxygen atoms in total. The SMILES string of the molecule is CC(=O)N1CCN(C(=O)c2cnc(NCc3ccccc3Cl)cn2)CC1. The topological polar surface area (TPSA) is 78.4 Å². The normalized spacial score (nSPS) is 14.2. The number of amides is 2. The van der Waals surface area contributed by atoms with Gasteiger partial charge in [-0.1, -0.05) is 29.8 Å². The molecule has 8 heteroatoms. The second kappa shape index (κ2) is 8.14. The van der Waals surface area contributed by atoms with Gasteiger partial charge in [0.05, 0.1) is 12.4 Å². The molecule has 1 aliphatic rings. The molecule has 2 aromatic rings. The summed E-state index contributed by atoms with van der Waals surface area (Å²) < 4.78 is 0. The van der Waals surface area contributed by atoms with Gasteiger partial charge in [-0.05, 0) is 11.6 Å². The van der Waals surface area contributed by atoms with E-state index in [4.69, 9.17) is 11.6 Å². The first-order chi connectivity index (χ1) is 12.5. The Balaban J connectivity index is 1.56. The molecule has 0 unspecified atom stereocenters. The number of anilines is 1. The molecule has 2 heterocycles. The molecule has 1 aliphatic heterocycles. The zero-order chi connectivity index (χ0) is 18.5. The van der Waals surface area contributed by atoms with Crippen LogP contribution in [0.25, 0.3) is 0 Å². The average molecular weight is 374 g/mol. The summed E-state index contributed by atoms with van der Waals surface area (Å²) in [5, 5.41) is 3.82. The molecular formula is C18H20ClN5O2. The van der Waals surface area contributed by atoms with E-state index in [1.165, 1.54) is 19.3 Å². The molecule has 1 fully saturated rings. The molecule has 0 bridgehead atoms. The minimum Gasteiger partial charge on any atom is -0.365 e. The van der Waals surface area contributed by atoms with Crippen molar-refractivity contribution in [1.82, 2.24) is 19.8 Å². The Morgan fingerprint density at radius 1 is 1.08 bits per heavy atom. The fourth-order valence-corrected chi connectivity index (χ4v) is 2.95. The van der Waals surface area contributed by atoms with Gasteiger partial charge in [0.2, 0.25) is 5.91 Å². The van der Waals surface area contributed by atoms with Crippen LogP contribution in [-0.4, -0.2) is 57.8 Å². The van der Waals surface area contributed by atoms with Crippen LogP contribution in [0.5, 0.6) is 0 Å². The summed E-state index contributed by atoms with van der Waals surface area (Å²) in [5.41, 5.74) is 1.25. The lowest BCUT2D eigenvalue weighted by Crippen LogP contribution is -2.50. The maximum Gasteiger partial charge on any atom is 0.274 e. The summed E-state index contributed by atoms with van der Waals surface area (Å²) in [6, 6.07) is 7.56. The van der Waals surface area contributed by atoms with E-state index in [0.29, 0.717) is 49.3 Å². The first-order valence-electron chi connectivity index (χ1n) is 8.38. The highest BCUT2D eigenvalue weighted by Crippen LogP contribution is 2.16. The number of benzene rings is 1. The van der Waals surface area contributed by atoms with Crippen LogP contribution in [0.4, 0.5) is 5.82 Å². The minimum atomic E-state index is -0.168. The highest BCUT2D eigenvalue weighted by atomic mass is 35.5. The lowest BCUT2D eigenvalue weighted by atomic mass is 10.2. The van der Waals surface area contributed by atoms with E-state index in [1.54, 1.807) is 9.80 Å². The van der Waals surface area contributed by atoms with Crippen LogP contribution in [-0.2, 0) is 11.3 Å². The minimum absolute atomic E-state index is 0.0332. The number of hydrogen-bond donors (Lipinski definition) is 1. The Bertz CT molecular complexity index is 788. The number of nitrogens with zero attached hydrogens (tertiary/aromatic N) is 4. The Morgan fingerprint density at radius 3 is 2.38 bits per heavy atom. The molecule has 1 N–H and O–H groups in total. The van der Waals surface area contributed by atoms with E-state index in [-0.39, 0.29) is 11.8 Å². The van der Waals surface area contributed by atoms with E-state index in [2.05, 4.69) is 15.3 Å². The fourth-order valence-electron chi connectivity index (χ4n) is 2.74. The van der Waals surface area contributed by atoms with Crippen molar-refractivity contribution in [2.75, 3.05) is 31.5 Å². The standard InChI is InChI=1S/C18H20ClN5O2/c1-13(25)23-6-8-24(9-7-23)18(26)16-11-22-17(12-20-16)21-10-14-4-2-3-5-15(14)19/h2-5,11-12H,6-10H2,1H3,(H,21,22). The van der Waals surface area contributed by atoms with Crippen molar-refractivity contribution in [2.45, 2.75) is 13.5 Å². The number of aromatic nitrogens is 2. The van der Waals surface area contributed by atoms with Crippen molar-refractivity contribution in [3.05, 3.63) is 52.9 Å². The van der Waals surface area contributed by atoms with Crippen LogP contribution in [0.1, 0.15) is 23.0 Å². The van der Waals surface area contributed by atoms with Crippen LogP contribution in [0, 0.1) is 0 Å². The van der Waals surface area contributed by atoms with Crippen molar-refractivity contribution in [2.24, 2.45) is 0 Å². The highest BCUT2D eigenvalue weighted by molar-refractivity contribution is 6.31. The maximum atomic E-state index is 12.5. The van der Waals surface area contributed by atoms with E-state index in [9.17, 15) is 9.59 Å². The molecule has 26 heavy (non-hydrogen) atoms. The number of carbonyl (C=O) groups excluding carboxylic acids is 2. The van der Waals surface area contributed by atoms with Gasteiger partial charge in [0, 0.05) is 44.7 Å². The summed E-state index contributed by atoms with van der Waals surface area (Å²) in [6.45, 7) is 4.17. The van der Waals surface area contributed by atoms with Crippen LogP contribution < -0.4 is 5.32 Å². The van der Waals surface area contributed by atoms with Crippen LogP contribution >= 0.6 is 11.6 Å². The first kappa shape index (κ1) is 18.1. The van der Waals surface area contributed by atoms with Gasteiger partial charge in [-0.3, -0.25) is 9.59 Å². The largest absolute Gasteiger partial charge is 0.365 e. The summed E-state index contributed by atoms with van der Waals surface area (Å²) in [5.74, 6) is 0.437. The molecule has 0 spiro atoms. The molecule has 0 aliphatic carbocycles. The zero-order valence-electron chi connectivity index (χ0n) is 14.5. The van der Waals surface area contributed by atoms with Crippen LogP contribution in [0.15, 0.2) is 36.7 Å².